The van der Waals surface area contributed by atoms with Crippen LogP contribution in [-0.4, -0.2) is 17.8 Å². The number of aromatic hydroxyl groups is 1. The van der Waals surface area contributed by atoms with Gasteiger partial charge in [0.05, 0.1) is 12.7 Å². The molecule has 3 atom stereocenters. The zero-order chi connectivity index (χ0) is 17.2. The normalized spacial score (nSPS) is 25.2. The number of hydrogen-bond acceptors (Lipinski definition) is 5. The van der Waals surface area contributed by atoms with E-state index < -0.39 is 13.4 Å². The Labute approximate surface area is 146 Å². The van der Waals surface area contributed by atoms with Gasteiger partial charge >= 0.3 is 7.60 Å². The average molecular weight is 368 g/mol. The molecule has 1 saturated heterocycles. The molecule has 3 rings (SSSR count). The second kappa shape index (κ2) is 7.16. The third-order valence-electron chi connectivity index (χ3n) is 3.80. The van der Waals surface area contributed by atoms with E-state index in [4.69, 9.17) is 20.6 Å². The predicted octanol–water partition coefficient (Wildman–Crippen LogP) is 5.17. The predicted molar refractivity (Wildman–Crippen MR) is 94.6 cm³/mol. The second-order valence-corrected chi connectivity index (χ2v) is 8.22. The van der Waals surface area contributed by atoms with E-state index in [2.05, 4.69) is 5.32 Å². The quantitative estimate of drug-likeness (QED) is 0.729. The van der Waals surface area contributed by atoms with Gasteiger partial charge in [0.15, 0.2) is 5.78 Å². The fourth-order valence-electron chi connectivity index (χ4n) is 2.52. The number of phenolic OH excluding ortho intramolecular Hbond substituents is 1. The van der Waals surface area contributed by atoms with Crippen LogP contribution >= 0.6 is 19.2 Å². The highest BCUT2D eigenvalue weighted by Crippen LogP contribution is 2.63. The van der Waals surface area contributed by atoms with Crippen LogP contribution in [0.5, 0.6) is 5.75 Å². The lowest BCUT2D eigenvalue weighted by molar-refractivity contribution is 0.0887. The number of benzene rings is 2. The van der Waals surface area contributed by atoms with Crippen molar-refractivity contribution in [2.75, 3.05) is 11.9 Å². The van der Waals surface area contributed by atoms with E-state index in [1.807, 2.05) is 6.92 Å². The van der Waals surface area contributed by atoms with Gasteiger partial charge in [-0.15, -0.1) is 0 Å². The van der Waals surface area contributed by atoms with Crippen LogP contribution in [0.1, 0.15) is 24.7 Å². The van der Waals surface area contributed by atoms with Gasteiger partial charge in [-0.2, -0.15) is 0 Å². The molecule has 0 saturated carbocycles. The maximum atomic E-state index is 13.3. The number of halogens is 1. The molecule has 0 radical (unpaired) electrons. The van der Waals surface area contributed by atoms with Crippen LogP contribution in [0.2, 0.25) is 5.02 Å². The minimum absolute atomic E-state index is 0.140. The number of rotatable bonds is 4. The molecule has 1 aliphatic heterocycles. The van der Waals surface area contributed by atoms with Crippen molar-refractivity contribution in [3.8, 4) is 5.75 Å². The molecular weight excluding hydrogens is 349 g/mol. The Bertz CT molecular complexity index is 735. The van der Waals surface area contributed by atoms with Crippen LogP contribution in [-0.2, 0) is 13.6 Å². The minimum atomic E-state index is -3.42. The summed E-state index contributed by atoms with van der Waals surface area (Å²) in [6.07, 6.45) is 0.559. The molecule has 2 N–H and O–H groups in total. The molecule has 0 aromatic heterocycles. The zero-order valence-electron chi connectivity index (χ0n) is 13.2. The molecule has 0 bridgehead atoms. The monoisotopic (exact) mass is 367 g/mol. The van der Waals surface area contributed by atoms with Gasteiger partial charge in [0.25, 0.3) is 0 Å². The lowest BCUT2D eigenvalue weighted by Gasteiger charge is -2.34. The van der Waals surface area contributed by atoms with Crippen LogP contribution in [0.3, 0.4) is 0 Å². The summed E-state index contributed by atoms with van der Waals surface area (Å²) in [5.74, 6) is -0.539. The highest BCUT2D eigenvalue weighted by atomic mass is 35.5. The molecule has 7 heteroatoms. The second-order valence-electron chi connectivity index (χ2n) is 5.72. The number of hydrogen-bond donors (Lipinski definition) is 2. The molecular formula is C17H19ClNO4P. The summed E-state index contributed by atoms with van der Waals surface area (Å²) >= 11 is 5.92. The first kappa shape index (κ1) is 17.3. The van der Waals surface area contributed by atoms with Crippen molar-refractivity contribution in [1.82, 2.24) is 0 Å². The topological polar surface area (TPSA) is 67.8 Å². The van der Waals surface area contributed by atoms with Crippen molar-refractivity contribution in [2.45, 2.75) is 25.2 Å². The standard InChI is InChI=1S/C17H19ClNO4P/c1-12-10-11-22-24(21,23-12)17(13-2-8-16(20)9-3-13)19-15-6-4-14(18)5-7-15/h2-9,12,17,19-20H,10-11H2,1H3/t12-,17+,24-/m1/s1. The maximum absolute atomic E-state index is 13.3. The molecule has 1 heterocycles. The highest BCUT2D eigenvalue weighted by Gasteiger charge is 2.41. The van der Waals surface area contributed by atoms with E-state index >= 15 is 0 Å². The van der Waals surface area contributed by atoms with Crippen LogP contribution in [0.25, 0.3) is 0 Å². The summed E-state index contributed by atoms with van der Waals surface area (Å²) in [4.78, 5) is 0. The Morgan fingerprint density at radius 3 is 2.50 bits per heavy atom. The van der Waals surface area contributed by atoms with E-state index in [0.717, 1.165) is 5.69 Å². The Morgan fingerprint density at radius 2 is 1.88 bits per heavy atom. The van der Waals surface area contributed by atoms with E-state index in [1.165, 1.54) is 0 Å². The molecule has 1 aliphatic rings. The minimum Gasteiger partial charge on any atom is -0.508 e. The summed E-state index contributed by atoms with van der Waals surface area (Å²) in [7, 11) is -3.42. The lowest BCUT2D eigenvalue weighted by Crippen LogP contribution is -2.23. The van der Waals surface area contributed by atoms with Gasteiger partial charge in [-0.1, -0.05) is 23.7 Å². The van der Waals surface area contributed by atoms with E-state index in [-0.39, 0.29) is 11.9 Å². The highest BCUT2D eigenvalue weighted by molar-refractivity contribution is 7.54. The molecule has 128 valence electrons. The summed E-state index contributed by atoms with van der Waals surface area (Å²) in [6, 6.07) is 13.6. The van der Waals surface area contributed by atoms with E-state index in [1.54, 1.807) is 48.5 Å². The third-order valence-corrected chi connectivity index (χ3v) is 6.30. The van der Waals surface area contributed by atoms with Crippen LogP contribution in [0.15, 0.2) is 48.5 Å². The summed E-state index contributed by atoms with van der Waals surface area (Å²) in [5, 5.41) is 13.3. The SMILES string of the molecule is C[C@@H]1CCO[P@](=O)([C@H](Nc2ccc(Cl)cc2)c2ccc(O)cc2)O1. The first-order chi connectivity index (χ1) is 11.5. The van der Waals surface area contributed by atoms with Crippen molar-refractivity contribution in [3.05, 3.63) is 59.1 Å². The van der Waals surface area contributed by atoms with Crippen molar-refractivity contribution in [2.24, 2.45) is 0 Å². The molecule has 1 fully saturated rings. The Kier molecular flexibility index (Phi) is 5.16. The first-order valence-electron chi connectivity index (χ1n) is 7.70. The molecule has 0 unspecified atom stereocenters. The van der Waals surface area contributed by atoms with Crippen LogP contribution < -0.4 is 5.32 Å². The van der Waals surface area contributed by atoms with Gasteiger partial charge in [-0.3, -0.25) is 4.57 Å². The van der Waals surface area contributed by atoms with Crippen LogP contribution in [0, 0.1) is 0 Å². The third kappa shape index (κ3) is 3.93. The fraction of sp³-hybridized carbons (Fsp3) is 0.294. The Hall–Kier alpha value is -1.52. The number of anilines is 1. The number of phenols is 1. The van der Waals surface area contributed by atoms with Gasteiger partial charge in [-0.05, 0) is 55.3 Å². The molecule has 24 heavy (non-hydrogen) atoms. The molecule has 0 aliphatic carbocycles. The largest absolute Gasteiger partial charge is 0.508 e. The molecule has 5 nitrogen and oxygen atoms in total. The van der Waals surface area contributed by atoms with E-state index in [0.29, 0.717) is 23.6 Å². The Balaban J connectivity index is 1.95. The smallest absolute Gasteiger partial charge is 0.357 e. The van der Waals surface area contributed by atoms with Gasteiger partial charge < -0.3 is 19.5 Å². The van der Waals surface area contributed by atoms with Crippen molar-refractivity contribution >= 4 is 24.9 Å². The van der Waals surface area contributed by atoms with Crippen molar-refractivity contribution in [3.63, 3.8) is 0 Å². The summed E-state index contributed by atoms with van der Waals surface area (Å²) < 4.78 is 24.6. The van der Waals surface area contributed by atoms with Gasteiger partial charge in [-0.25, -0.2) is 0 Å². The van der Waals surface area contributed by atoms with Crippen molar-refractivity contribution < 1.29 is 18.7 Å². The fourth-order valence-corrected chi connectivity index (χ4v) is 4.79. The molecule has 0 spiro atoms. The van der Waals surface area contributed by atoms with Gasteiger partial charge in [0.2, 0.25) is 0 Å². The molecule has 2 aromatic carbocycles. The van der Waals surface area contributed by atoms with Crippen molar-refractivity contribution in [1.29, 1.82) is 0 Å². The first-order valence-corrected chi connectivity index (χ1v) is 9.69. The number of nitrogens with one attached hydrogen (secondary N) is 1. The molecule has 2 aromatic rings. The Morgan fingerprint density at radius 1 is 1.21 bits per heavy atom. The average Bonchev–Trinajstić information content (AvgIpc) is 2.55. The summed E-state index contributed by atoms with van der Waals surface area (Å²) in [5.41, 5.74) is 1.46. The zero-order valence-corrected chi connectivity index (χ0v) is 14.8. The maximum Gasteiger partial charge on any atom is 0.357 e. The lowest BCUT2D eigenvalue weighted by atomic mass is 10.2. The van der Waals surface area contributed by atoms with Crippen LogP contribution in [0.4, 0.5) is 5.69 Å². The molecule has 0 amide bonds. The van der Waals surface area contributed by atoms with E-state index in [9.17, 15) is 9.67 Å². The summed E-state index contributed by atoms with van der Waals surface area (Å²) in [6.45, 7) is 2.26. The van der Waals surface area contributed by atoms with Gasteiger partial charge in [0.1, 0.15) is 5.75 Å². The van der Waals surface area contributed by atoms with Gasteiger partial charge in [0, 0.05) is 10.7 Å².